The van der Waals surface area contributed by atoms with E-state index in [2.05, 4.69) is 20.9 Å². The first kappa shape index (κ1) is 7.65. The summed E-state index contributed by atoms with van der Waals surface area (Å²) in [5.74, 6) is 0. The van der Waals surface area contributed by atoms with Gasteiger partial charge in [-0.25, -0.2) is 0 Å². The van der Waals surface area contributed by atoms with Crippen molar-refractivity contribution in [1.29, 1.82) is 0 Å². The lowest BCUT2D eigenvalue weighted by Crippen LogP contribution is -2.10. The summed E-state index contributed by atoms with van der Waals surface area (Å²) in [5, 5.41) is 8.82. The van der Waals surface area contributed by atoms with Crippen molar-refractivity contribution in [3.8, 4) is 0 Å². The molecule has 4 nitrogen and oxygen atoms in total. The Hall–Kier alpha value is -1.45. The Bertz CT molecular complexity index is 153. The normalized spacial score (nSPS) is 17.5. The molecule has 0 aliphatic carbocycles. The molecule has 2 rings (SSSR count). The van der Waals surface area contributed by atoms with Crippen molar-refractivity contribution in [2.45, 2.75) is 0 Å². The molecule has 4 heteroatoms. The van der Waals surface area contributed by atoms with Gasteiger partial charge in [0.2, 0.25) is 0 Å². The largest absolute Gasteiger partial charge is 0.385 e. The zero-order chi connectivity index (χ0) is 7.78. The molecule has 2 aliphatic rings. The van der Waals surface area contributed by atoms with Crippen LogP contribution in [-0.2, 0) is 0 Å². The summed E-state index contributed by atoms with van der Waals surface area (Å²) in [6.07, 6.45) is 9.11. The van der Waals surface area contributed by atoms with Gasteiger partial charge >= 0.3 is 0 Å². The minimum Gasteiger partial charge on any atom is -0.385 e. The van der Waals surface area contributed by atoms with Gasteiger partial charge in [-0.1, -0.05) is 0 Å². The summed E-state index contributed by atoms with van der Waals surface area (Å²) in [6.45, 7) is 1.76. The highest BCUT2D eigenvalue weighted by Crippen LogP contribution is 1.73. The van der Waals surface area contributed by atoms with Crippen LogP contribution in [0.15, 0.2) is 29.8 Å². The Labute approximate surface area is 66.1 Å². The molecule has 60 valence electrons. The van der Waals surface area contributed by atoms with Crippen LogP contribution in [-0.4, -0.2) is 19.4 Å². The molecule has 0 radical (unpaired) electrons. The van der Waals surface area contributed by atoms with Gasteiger partial charge in [0.25, 0.3) is 0 Å². The van der Waals surface area contributed by atoms with Crippen LogP contribution < -0.4 is 16.0 Å². The summed E-state index contributed by atoms with van der Waals surface area (Å²) in [5.41, 5.74) is 0. The second-order valence-electron chi connectivity index (χ2n) is 1.97. The van der Waals surface area contributed by atoms with Crippen molar-refractivity contribution in [2.24, 2.45) is 4.99 Å². The van der Waals surface area contributed by atoms with E-state index in [1.807, 2.05) is 24.8 Å². The van der Waals surface area contributed by atoms with Crippen molar-refractivity contribution in [2.75, 3.05) is 13.2 Å². The molecule has 0 atom stereocenters. The standard InChI is InChI=1S/C4H6N2.C3H6N2/c1-2-6-4-3-5-1;1-2-5-3-4-1/h1-3,6H,4H2;1-2,4-5H,3H2. The van der Waals surface area contributed by atoms with Gasteiger partial charge in [0.15, 0.2) is 0 Å². The van der Waals surface area contributed by atoms with E-state index in [1.165, 1.54) is 0 Å². The van der Waals surface area contributed by atoms with E-state index in [0.29, 0.717) is 0 Å². The van der Waals surface area contributed by atoms with Crippen molar-refractivity contribution in [3.05, 3.63) is 24.8 Å². The minimum absolute atomic E-state index is 0.872. The molecule has 0 bridgehead atoms. The summed E-state index contributed by atoms with van der Waals surface area (Å²) in [7, 11) is 0. The molecule has 0 saturated carbocycles. The van der Waals surface area contributed by atoms with Crippen LogP contribution in [0.5, 0.6) is 0 Å². The van der Waals surface area contributed by atoms with Crippen LogP contribution in [0.1, 0.15) is 0 Å². The van der Waals surface area contributed by atoms with Crippen LogP contribution in [0, 0.1) is 0 Å². The number of rotatable bonds is 0. The minimum atomic E-state index is 0.872. The third-order valence-corrected chi connectivity index (χ3v) is 1.12. The highest BCUT2D eigenvalue weighted by atomic mass is 15.1. The van der Waals surface area contributed by atoms with Gasteiger partial charge in [-0.05, 0) is 0 Å². The van der Waals surface area contributed by atoms with E-state index in [4.69, 9.17) is 0 Å². The molecule has 0 unspecified atom stereocenters. The van der Waals surface area contributed by atoms with Gasteiger partial charge < -0.3 is 16.0 Å². The maximum atomic E-state index is 3.81. The van der Waals surface area contributed by atoms with E-state index in [0.717, 1.165) is 13.2 Å². The van der Waals surface area contributed by atoms with Gasteiger partial charge in [-0.15, -0.1) is 0 Å². The molecule has 11 heavy (non-hydrogen) atoms. The summed E-state index contributed by atoms with van der Waals surface area (Å²) < 4.78 is 0. The second kappa shape index (κ2) is 5.34. The van der Waals surface area contributed by atoms with Crippen molar-refractivity contribution in [1.82, 2.24) is 16.0 Å². The quantitative estimate of drug-likeness (QED) is 0.448. The summed E-state index contributed by atoms with van der Waals surface area (Å²) in [4.78, 5) is 3.81. The lowest BCUT2D eigenvalue weighted by atomic mass is 10.6. The molecule has 2 heterocycles. The van der Waals surface area contributed by atoms with Crippen LogP contribution in [0.25, 0.3) is 0 Å². The number of nitrogens with one attached hydrogen (secondary N) is 3. The third-order valence-electron chi connectivity index (χ3n) is 1.12. The molecule has 0 amide bonds. The zero-order valence-corrected chi connectivity index (χ0v) is 6.25. The number of hydrogen-bond donors (Lipinski definition) is 3. The molecule has 0 spiro atoms. The van der Waals surface area contributed by atoms with Crippen LogP contribution in [0.3, 0.4) is 0 Å². The Kier molecular flexibility index (Phi) is 3.72. The average molecular weight is 152 g/mol. The number of nitrogens with zero attached hydrogens (tertiary/aromatic N) is 1. The van der Waals surface area contributed by atoms with Gasteiger partial charge in [-0.2, -0.15) is 0 Å². The maximum absolute atomic E-state index is 3.81. The molecule has 2 aliphatic heterocycles. The summed E-state index contributed by atoms with van der Waals surface area (Å²) >= 11 is 0. The van der Waals surface area contributed by atoms with E-state index >= 15 is 0 Å². The first-order valence-corrected chi connectivity index (χ1v) is 3.52. The molecule has 0 fully saturated rings. The SMILES string of the molecule is C1=CNCC=N1.C1=CNCN1. The van der Waals surface area contributed by atoms with E-state index in [-0.39, 0.29) is 0 Å². The van der Waals surface area contributed by atoms with Crippen LogP contribution >= 0.6 is 0 Å². The molecule has 0 aromatic carbocycles. The van der Waals surface area contributed by atoms with Crippen molar-refractivity contribution < 1.29 is 0 Å². The van der Waals surface area contributed by atoms with Gasteiger partial charge in [0.05, 0.1) is 6.67 Å². The lowest BCUT2D eigenvalue weighted by Gasteiger charge is -1.93. The Morgan fingerprint density at radius 3 is 2.00 bits per heavy atom. The Morgan fingerprint density at radius 1 is 1.00 bits per heavy atom. The van der Waals surface area contributed by atoms with E-state index < -0.39 is 0 Å². The maximum Gasteiger partial charge on any atom is 0.0840 e. The first-order valence-electron chi connectivity index (χ1n) is 3.52. The molecule has 3 N–H and O–H groups in total. The molecule has 0 aromatic rings. The lowest BCUT2D eigenvalue weighted by molar-refractivity contribution is 0.836. The van der Waals surface area contributed by atoms with Crippen LogP contribution in [0.2, 0.25) is 0 Å². The Balaban J connectivity index is 0.000000112. The second-order valence-corrected chi connectivity index (χ2v) is 1.97. The molecular weight excluding hydrogens is 140 g/mol. The molecular formula is C7H12N4. The highest BCUT2D eigenvalue weighted by Gasteiger charge is 1.77. The fourth-order valence-electron chi connectivity index (χ4n) is 0.625. The third kappa shape index (κ3) is 4.02. The van der Waals surface area contributed by atoms with Gasteiger partial charge in [0, 0.05) is 37.6 Å². The topological polar surface area (TPSA) is 48.5 Å². The predicted octanol–water partition coefficient (Wildman–Crippen LogP) is -0.261. The predicted molar refractivity (Wildman–Crippen MR) is 45.9 cm³/mol. The monoisotopic (exact) mass is 152 g/mol. The first-order chi connectivity index (χ1) is 5.50. The van der Waals surface area contributed by atoms with E-state index in [1.54, 1.807) is 6.20 Å². The Morgan fingerprint density at radius 2 is 1.82 bits per heavy atom. The molecule has 0 aromatic heterocycles. The average Bonchev–Trinajstić information content (AvgIpc) is 2.64. The van der Waals surface area contributed by atoms with Crippen LogP contribution in [0.4, 0.5) is 0 Å². The zero-order valence-electron chi connectivity index (χ0n) is 6.25. The fourth-order valence-corrected chi connectivity index (χ4v) is 0.625. The summed E-state index contributed by atoms with van der Waals surface area (Å²) in [6, 6.07) is 0. The smallest absolute Gasteiger partial charge is 0.0840 e. The van der Waals surface area contributed by atoms with Crippen molar-refractivity contribution in [3.63, 3.8) is 0 Å². The molecule has 0 saturated heterocycles. The van der Waals surface area contributed by atoms with E-state index in [9.17, 15) is 0 Å². The fraction of sp³-hybridized carbons (Fsp3) is 0.286. The number of aliphatic imine (C=N–C) groups is 1. The van der Waals surface area contributed by atoms with Gasteiger partial charge in [-0.3, -0.25) is 4.99 Å². The van der Waals surface area contributed by atoms with Crippen molar-refractivity contribution >= 4 is 6.21 Å². The van der Waals surface area contributed by atoms with Gasteiger partial charge in [0.1, 0.15) is 0 Å². The number of hydrogen-bond acceptors (Lipinski definition) is 4. The highest BCUT2D eigenvalue weighted by molar-refractivity contribution is 5.61.